The van der Waals surface area contributed by atoms with Gasteiger partial charge in [-0.2, -0.15) is 5.26 Å². The zero-order valence-corrected chi connectivity index (χ0v) is 11.6. The molecule has 0 atom stereocenters. The van der Waals surface area contributed by atoms with E-state index in [1.807, 2.05) is 12.1 Å². The van der Waals surface area contributed by atoms with Gasteiger partial charge in [0.2, 0.25) is 0 Å². The highest BCUT2D eigenvalue weighted by atomic mass is 16.5. The van der Waals surface area contributed by atoms with Crippen molar-refractivity contribution < 1.29 is 9.47 Å². The lowest BCUT2D eigenvalue weighted by Gasteiger charge is -2.26. The number of nitrogens with two attached hydrogens (primary N) is 1. The number of hydrogen-bond acceptors (Lipinski definition) is 5. The molecule has 0 saturated heterocycles. The maximum Gasteiger partial charge on any atom is 0.101 e. The normalized spacial score (nSPS) is 10.2. The molecule has 0 aliphatic heterocycles. The highest BCUT2D eigenvalue weighted by molar-refractivity contribution is 5.73. The number of nitriles is 1. The number of nitrogen functional groups attached to an aromatic ring is 1. The van der Waals surface area contributed by atoms with Gasteiger partial charge in [0.1, 0.15) is 6.07 Å². The quantitative estimate of drug-likeness (QED) is 0.570. The first-order valence-electron chi connectivity index (χ1n) is 6.26. The van der Waals surface area contributed by atoms with Gasteiger partial charge < -0.3 is 20.1 Å². The Morgan fingerprint density at radius 2 is 1.95 bits per heavy atom. The molecule has 0 fully saturated rings. The summed E-state index contributed by atoms with van der Waals surface area (Å²) in [5, 5.41) is 9.02. The molecule has 0 spiro atoms. The summed E-state index contributed by atoms with van der Waals surface area (Å²) in [7, 11) is 3.35. The molecule has 19 heavy (non-hydrogen) atoms. The van der Waals surface area contributed by atoms with Crippen molar-refractivity contribution in [2.75, 3.05) is 51.2 Å². The Morgan fingerprint density at radius 3 is 2.58 bits per heavy atom. The number of benzene rings is 1. The SMILES string of the molecule is COCCCN(CCOC)c1cccc(C#N)c1N. The first-order valence-corrected chi connectivity index (χ1v) is 6.26. The molecule has 104 valence electrons. The van der Waals surface area contributed by atoms with Gasteiger partial charge in [-0.25, -0.2) is 0 Å². The summed E-state index contributed by atoms with van der Waals surface area (Å²) < 4.78 is 10.2. The van der Waals surface area contributed by atoms with Gasteiger partial charge in [0, 0.05) is 33.9 Å². The van der Waals surface area contributed by atoms with Crippen LogP contribution in [0.4, 0.5) is 11.4 Å². The van der Waals surface area contributed by atoms with E-state index in [0.29, 0.717) is 24.5 Å². The fourth-order valence-electron chi connectivity index (χ4n) is 1.88. The zero-order valence-electron chi connectivity index (χ0n) is 11.6. The summed E-state index contributed by atoms with van der Waals surface area (Å²) in [5.74, 6) is 0. The van der Waals surface area contributed by atoms with Crippen LogP contribution in [-0.4, -0.2) is 40.5 Å². The third-order valence-corrected chi connectivity index (χ3v) is 2.89. The van der Waals surface area contributed by atoms with Gasteiger partial charge >= 0.3 is 0 Å². The van der Waals surface area contributed by atoms with Crippen LogP contribution in [-0.2, 0) is 9.47 Å². The van der Waals surface area contributed by atoms with Gasteiger partial charge in [0.05, 0.1) is 23.5 Å². The van der Waals surface area contributed by atoms with Gasteiger partial charge in [-0.3, -0.25) is 0 Å². The first kappa shape index (κ1) is 15.3. The van der Waals surface area contributed by atoms with E-state index in [-0.39, 0.29) is 0 Å². The molecule has 0 aliphatic carbocycles. The van der Waals surface area contributed by atoms with Crippen LogP contribution in [0.5, 0.6) is 0 Å². The van der Waals surface area contributed by atoms with Crippen molar-refractivity contribution in [3.8, 4) is 6.07 Å². The van der Waals surface area contributed by atoms with E-state index < -0.39 is 0 Å². The number of ether oxygens (including phenoxy) is 2. The van der Waals surface area contributed by atoms with Crippen molar-refractivity contribution in [3.63, 3.8) is 0 Å². The molecule has 0 bridgehead atoms. The summed E-state index contributed by atoms with van der Waals surface area (Å²) in [6, 6.07) is 7.61. The van der Waals surface area contributed by atoms with Crippen LogP contribution in [0, 0.1) is 11.3 Å². The van der Waals surface area contributed by atoms with Crippen LogP contribution in [0.15, 0.2) is 18.2 Å². The van der Waals surface area contributed by atoms with Crippen LogP contribution >= 0.6 is 0 Å². The molecule has 0 radical (unpaired) electrons. The topological polar surface area (TPSA) is 71.5 Å². The number of anilines is 2. The monoisotopic (exact) mass is 263 g/mol. The standard InChI is InChI=1S/C14H21N3O2/c1-18-9-4-7-17(8-10-19-2)13-6-3-5-12(11-15)14(13)16/h3,5-6H,4,7-10,16H2,1-2H3. The van der Waals surface area contributed by atoms with E-state index >= 15 is 0 Å². The fraction of sp³-hybridized carbons (Fsp3) is 0.500. The molecule has 0 heterocycles. The zero-order chi connectivity index (χ0) is 14.1. The van der Waals surface area contributed by atoms with E-state index in [0.717, 1.165) is 25.2 Å². The Balaban J connectivity index is 2.86. The Bertz CT molecular complexity index is 429. The molecule has 0 aliphatic rings. The minimum atomic E-state index is 0.506. The third kappa shape index (κ3) is 4.43. The third-order valence-electron chi connectivity index (χ3n) is 2.89. The van der Waals surface area contributed by atoms with E-state index in [1.54, 1.807) is 20.3 Å². The van der Waals surface area contributed by atoms with Gasteiger partial charge in [0.25, 0.3) is 0 Å². The number of rotatable bonds is 8. The predicted octanol–water partition coefficient (Wildman–Crippen LogP) is 1.63. The molecule has 0 unspecified atom stereocenters. The molecule has 2 N–H and O–H groups in total. The van der Waals surface area contributed by atoms with Gasteiger partial charge in [-0.15, -0.1) is 0 Å². The molecule has 0 aromatic heterocycles. The summed E-state index contributed by atoms with van der Waals surface area (Å²) in [4.78, 5) is 2.12. The minimum Gasteiger partial charge on any atom is -0.396 e. The Morgan fingerprint density at radius 1 is 1.21 bits per heavy atom. The van der Waals surface area contributed by atoms with Gasteiger partial charge in [-0.05, 0) is 18.6 Å². The summed E-state index contributed by atoms with van der Waals surface area (Å²) in [6.07, 6.45) is 0.899. The van der Waals surface area contributed by atoms with Crippen molar-refractivity contribution in [3.05, 3.63) is 23.8 Å². The molecule has 1 aromatic carbocycles. The van der Waals surface area contributed by atoms with E-state index in [1.165, 1.54) is 0 Å². The van der Waals surface area contributed by atoms with Crippen molar-refractivity contribution in [2.24, 2.45) is 0 Å². The largest absolute Gasteiger partial charge is 0.396 e. The average molecular weight is 263 g/mol. The predicted molar refractivity (Wildman–Crippen MR) is 76.2 cm³/mol. The van der Waals surface area contributed by atoms with Crippen LogP contribution in [0.25, 0.3) is 0 Å². The second kappa shape index (κ2) is 8.35. The van der Waals surface area contributed by atoms with E-state index in [4.69, 9.17) is 20.5 Å². The van der Waals surface area contributed by atoms with Crippen LogP contribution in [0.2, 0.25) is 0 Å². The molecular weight excluding hydrogens is 242 g/mol. The van der Waals surface area contributed by atoms with Crippen molar-refractivity contribution in [1.82, 2.24) is 0 Å². The molecule has 1 rings (SSSR count). The second-order valence-electron chi connectivity index (χ2n) is 4.18. The second-order valence-corrected chi connectivity index (χ2v) is 4.18. The van der Waals surface area contributed by atoms with Gasteiger partial charge in [-0.1, -0.05) is 6.07 Å². The Hall–Kier alpha value is -1.77. The lowest BCUT2D eigenvalue weighted by atomic mass is 10.1. The number of hydrogen-bond donors (Lipinski definition) is 1. The van der Waals surface area contributed by atoms with Crippen LogP contribution in [0.1, 0.15) is 12.0 Å². The number of para-hydroxylation sites is 1. The maximum absolute atomic E-state index is 9.02. The van der Waals surface area contributed by atoms with E-state index in [2.05, 4.69) is 11.0 Å². The minimum absolute atomic E-state index is 0.506. The van der Waals surface area contributed by atoms with Gasteiger partial charge in [0.15, 0.2) is 0 Å². The summed E-state index contributed by atoms with van der Waals surface area (Å²) in [6.45, 7) is 2.86. The molecule has 5 nitrogen and oxygen atoms in total. The fourth-order valence-corrected chi connectivity index (χ4v) is 1.88. The molecule has 0 saturated carbocycles. The van der Waals surface area contributed by atoms with E-state index in [9.17, 15) is 0 Å². The number of methoxy groups -OCH3 is 2. The summed E-state index contributed by atoms with van der Waals surface area (Å²) in [5.41, 5.74) is 7.95. The highest BCUT2D eigenvalue weighted by Crippen LogP contribution is 2.26. The lowest BCUT2D eigenvalue weighted by Crippen LogP contribution is -2.29. The highest BCUT2D eigenvalue weighted by Gasteiger charge is 2.12. The van der Waals surface area contributed by atoms with Crippen LogP contribution < -0.4 is 10.6 Å². The first-order chi connectivity index (χ1) is 9.24. The molecule has 5 heteroatoms. The Labute approximate surface area is 114 Å². The van der Waals surface area contributed by atoms with Crippen molar-refractivity contribution in [2.45, 2.75) is 6.42 Å². The molecular formula is C14H21N3O2. The van der Waals surface area contributed by atoms with Crippen LogP contribution in [0.3, 0.4) is 0 Å². The average Bonchev–Trinajstić information content (AvgIpc) is 2.43. The lowest BCUT2D eigenvalue weighted by molar-refractivity contribution is 0.191. The maximum atomic E-state index is 9.02. The number of nitrogens with zero attached hydrogens (tertiary/aromatic N) is 2. The molecule has 1 aromatic rings. The smallest absolute Gasteiger partial charge is 0.101 e. The molecule has 0 amide bonds. The Kier molecular flexibility index (Phi) is 6.72. The van der Waals surface area contributed by atoms with Crippen molar-refractivity contribution >= 4 is 11.4 Å². The van der Waals surface area contributed by atoms with Crippen molar-refractivity contribution in [1.29, 1.82) is 5.26 Å². The summed E-state index contributed by atoms with van der Waals surface area (Å²) >= 11 is 0.